The topological polar surface area (TPSA) is 47.3 Å². The predicted octanol–water partition coefficient (Wildman–Crippen LogP) is 2.17. The molecule has 0 amide bonds. The van der Waals surface area contributed by atoms with Crippen molar-refractivity contribution in [2.75, 3.05) is 0 Å². The molecular weight excluding hydrogens is 192 g/mol. The normalized spacial score (nSPS) is 10.5. The predicted molar refractivity (Wildman–Crippen MR) is 57.2 cm³/mol. The summed E-state index contributed by atoms with van der Waals surface area (Å²) >= 11 is 0. The monoisotopic (exact) mass is 202 g/mol. The summed E-state index contributed by atoms with van der Waals surface area (Å²) in [5, 5.41) is 0.471. The Kier molecular flexibility index (Phi) is 2.37. The van der Waals surface area contributed by atoms with Crippen molar-refractivity contribution in [2.24, 2.45) is 0 Å². The summed E-state index contributed by atoms with van der Waals surface area (Å²) in [5.41, 5.74) is 1.36. The van der Waals surface area contributed by atoms with Crippen LogP contribution in [0.15, 0.2) is 33.7 Å². The molecule has 0 atom stereocenters. The summed E-state index contributed by atoms with van der Waals surface area (Å²) in [6, 6.07) is 5.38. The van der Waals surface area contributed by atoms with Crippen LogP contribution in [0.2, 0.25) is 0 Å². The Hall–Kier alpha value is -1.90. The fourth-order valence-electron chi connectivity index (χ4n) is 1.59. The molecule has 0 spiro atoms. The second-order valence-electron chi connectivity index (χ2n) is 3.29. The van der Waals surface area contributed by atoms with Crippen molar-refractivity contribution in [3.05, 3.63) is 45.8 Å². The average Bonchev–Trinajstić information content (AvgIpc) is 2.29. The molecule has 2 rings (SSSR count). The summed E-state index contributed by atoms with van der Waals surface area (Å²) in [5.74, 6) is 0. The van der Waals surface area contributed by atoms with Gasteiger partial charge >= 0.3 is 0 Å². The van der Waals surface area contributed by atoms with E-state index in [1.165, 1.54) is 6.26 Å². The Labute approximate surface area is 86.3 Å². The van der Waals surface area contributed by atoms with Gasteiger partial charge in [-0.2, -0.15) is 0 Å². The van der Waals surface area contributed by atoms with Gasteiger partial charge < -0.3 is 4.42 Å². The molecule has 0 aliphatic rings. The third-order valence-electron chi connectivity index (χ3n) is 2.42. The SMILES string of the molecule is CCc1cccc2c(=O)c(C=O)coc12. The molecule has 0 fully saturated rings. The minimum absolute atomic E-state index is 0.0655. The highest BCUT2D eigenvalue weighted by Gasteiger charge is 2.08. The van der Waals surface area contributed by atoms with Gasteiger partial charge in [-0.1, -0.05) is 19.1 Å². The fraction of sp³-hybridized carbons (Fsp3) is 0.167. The van der Waals surface area contributed by atoms with Crippen LogP contribution in [0.3, 0.4) is 0 Å². The van der Waals surface area contributed by atoms with E-state index in [0.29, 0.717) is 17.3 Å². The van der Waals surface area contributed by atoms with E-state index in [4.69, 9.17) is 4.42 Å². The van der Waals surface area contributed by atoms with E-state index >= 15 is 0 Å². The van der Waals surface area contributed by atoms with Crippen molar-refractivity contribution in [3.63, 3.8) is 0 Å². The van der Waals surface area contributed by atoms with Crippen molar-refractivity contribution in [1.29, 1.82) is 0 Å². The molecule has 0 N–H and O–H groups in total. The summed E-state index contributed by atoms with van der Waals surface area (Å²) in [4.78, 5) is 22.3. The smallest absolute Gasteiger partial charge is 0.203 e. The molecule has 0 aliphatic heterocycles. The number of aldehydes is 1. The first-order valence-electron chi connectivity index (χ1n) is 4.76. The molecule has 15 heavy (non-hydrogen) atoms. The Bertz CT molecular complexity index is 567. The number of hydrogen-bond acceptors (Lipinski definition) is 3. The lowest BCUT2D eigenvalue weighted by Gasteiger charge is -2.02. The van der Waals surface area contributed by atoms with Gasteiger partial charge in [0, 0.05) is 0 Å². The zero-order chi connectivity index (χ0) is 10.8. The second kappa shape index (κ2) is 3.69. The van der Waals surface area contributed by atoms with E-state index in [9.17, 15) is 9.59 Å². The summed E-state index contributed by atoms with van der Waals surface area (Å²) in [6.07, 6.45) is 2.53. The number of fused-ring (bicyclic) bond motifs is 1. The Morgan fingerprint density at radius 3 is 2.87 bits per heavy atom. The van der Waals surface area contributed by atoms with E-state index in [-0.39, 0.29) is 11.0 Å². The van der Waals surface area contributed by atoms with Crippen molar-refractivity contribution in [2.45, 2.75) is 13.3 Å². The molecule has 0 saturated carbocycles. The third kappa shape index (κ3) is 1.46. The molecule has 3 heteroatoms. The highest BCUT2D eigenvalue weighted by Crippen LogP contribution is 2.16. The minimum atomic E-state index is -0.262. The van der Waals surface area contributed by atoms with Gasteiger partial charge in [-0.15, -0.1) is 0 Å². The summed E-state index contributed by atoms with van der Waals surface area (Å²) in [7, 11) is 0. The van der Waals surface area contributed by atoms with E-state index in [2.05, 4.69) is 0 Å². The van der Waals surface area contributed by atoms with Gasteiger partial charge in [0.1, 0.15) is 11.8 Å². The van der Waals surface area contributed by atoms with Crippen LogP contribution in [0.1, 0.15) is 22.8 Å². The van der Waals surface area contributed by atoms with Crippen LogP contribution in [0.5, 0.6) is 0 Å². The maximum Gasteiger partial charge on any atom is 0.203 e. The first-order chi connectivity index (χ1) is 7.27. The molecule has 0 saturated heterocycles. The fourth-order valence-corrected chi connectivity index (χ4v) is 1.59. The largest absolute Gasteiger partial charge is 0.463 e. The van der Waals surface area contributed by atoms with Crippen LogP contribution in [-0.4, -0.2) is 6.29 Å². The van der Waals surface area contributed by atoms with Crippen molar-refractivity contribution < 1.29 is 9.21 Å². The van der Waals surface area contributed by atoms with Gasteiger partial charge in [0.15, 0.2) is 6.29 Å². The molecule has 3 nitrogen and oxygen atoms in total. The van der Waals surface area contributed by atoms with Crippen molar-refractivity contribution in [1.82, 2.24) is 0 Å². The highest BCUT2D eigenvalue weighted by molar-refractivity contribution is 5.85. The van der Waals surface area contributed by atoms with Gasteiger partial charge in [-0.05, 0) is 18.1 Å². The summed E-state index contributed by atoms with van der Waals surface area (Å²) in [6.45, 7) is 1.99. The van der Waals surface area contributed by atoms with Crippen LogP contribution in [0.25, 0.3) is 11.0 Å². The van der Waals surface area contributed by atoms with Gasteiger partial charge in [0.05, 0.1) is 10.9 Å². The van der Waals surface area contributed by atoms with E-state index in [0.717, 1.165) is 12.0 Å². The Morgan fingerprint density at radius 1 is 1.40 bits per heavy atom. The number of hydrogen-bond donors (Lipinski definition) is 0. The highest BCUT2D eigenvalue weighted by atomic mass is 16.3. The molecule has 0 aliphatic carbocycles. The minimum Gasteiger partial charge on any atom is -0.463 e. The van der Waals surface area contributed by atoms with Gasteiger partial charge in [0.2, 0.25) is 5.43 Å². The first kappa shape index (κ1) is 9.65. The molecule has 2 aromatic rings. The van der Waals surface area contributed by atoms with Crippen LogP contribution >= 0.6 is 0 Å². The van der Waals surface area contributed by atoms with Gasteiger partial charge in [-0.3, -0.25) is 9.59 Å². The quantitative estimate of drug-likeness (QED) is 0.701. The second-order valence-corrected chi connectivity index (χ2v) is 3.29. The maximum absolute atomic E-state index is 11.7. The molecule has 1 aromatic heterocycles. The lowest BCUT2D eigenvalue weighted by Crippen LogP contribution is -2.08. The maximum atomic E-state index is 11.7. The van der Waals surface area contributed by atoms with Crippen molar-refractivity contribution in [3.8, 4) is 0 Å². The standard InChI is InChI=1S/C12H10O3/c1-2-8-4-3-5-10-11(14)9(6-13)7-15-12(8)10/h3-7H,2H2,1H3. The van der Waals surface area contributed by atoms with Crippen molar-refractivity contribution >= 4 is 17.3 Å². The summed E-state index contributed by atoms with van der Waals surface area (Å²) < 4.78 is 5.31. The Balaban J connectivity index is 2.90. The molecule has 0 radical (unpaired) electrons. The number of aryl methyl sites for hydroxylation is 1. The number of carbonyl (C=O) groups excluding carboxylic acids is 1. The van der Waals surface area contributed by atoms with Gasteiger partial charge in [0.25, 0.3) is 0 Å². The number of benzene rings is 1. The molecular formula is C12H10O3. The van der Waals surface area contributed by atoms with Crippen LogP contribution in [0.4, 0.5) is 0 Å². The average molecular weight is 202 g/mol. The van der Waals surface area contributed by atoms with Crippen LogP contribution < -0.4 is 5.43 Å². The molecule has 1 aromatic carbocycles. The van der Waals surface area contributed by atoms with E-state index in [1.807, 2.05) is 13.0 Å². The third-order valence-corrected chi connectivity index (χ3v) is 2.42. The number of para-hydroxylation sites is 1. The molecule has 0 bridgehead atoms. The Morgan fingerprint density at radius 2 is 2.20 bits per heavy atom. The molecule has 1 heterocycles. The zero-order valence-corrected chi connectivity index (χ0v) is 8.32. The van der Waals surface area contributed by atoms with E-state index < -0.39 is 0 Å². The zero-order valence-electron chi connectivity index (χ0n) is 8.32. The first-order valence-corrected chi connectivity index (χ1v) is 4.76. The molecule has 76 valence electrons. The van der Waals surface area contributed by atoms with Crippen LogP contribution in [0, 0.1) is 0 Å². The molecule has 0 unspecified atom stereocenters. The van der Waals surface area contributed by atoms with Crippen LogP contribution in [-0.2, 0) is 6.42 Å². The van der Waals surface area contributed by atoms with Gasteiger partial charge in [-0.25, -0.2) is 0 Å². The number of rotatable bonds is 2. The number of carbonyl (C=O) groups is 1. The lowest BCUT2D eigenvalue weighted by atomic mass is 10.1. The lowest BCUT2D eigenvalue weighted by molar-refractivity contribution is 0.112. The van der Waals surface area contributed by atoms with E-state index in [1.54, 1.807) is 12.1 Å².